The molecule has 0 amide bonds. The predicted molar refractivity (Wildman–Crippen MR) is 61.2 cm³/mol. The first kappa shape index (κ1) is 15.2. The van der Waals surface area contributed by atoms with Crippen molar-refractivity contribution in [3.63, 3.8) is 0 Å². The minimum atomic E-state index is -3.59. The first-order valence-corrected chi connectivity index (χ1v) is 7.52. The first-order valence-electron chi connectivity index (χ1n) is 5.55. The fourth-order valence-corrected chi connectivity index (χ4v) is 3.48. The molecule has 1 N–H and O–H groups in total. The van der Waals surface area contributed by atoms with Crippen LogP contribution < -0.4 is 0 Å². The fraction of sp³-hybridized carbons (Fsp3) is 0.455. The molecule has 7 heteroatoms. The van der Waals surface area contributed by atoms with Gasteiger partial charge in [-0.15, -0.1) is 0 Å². The van der Waals surface area contributed by atoms with Crippen LogP contribution in [0.5, 0.6) is 0 Å². The fourth-order valence-electron chi connectivity index (χ4n) is 1.53. The van der Waals surface area contributed by atoms with E-state index in [1.807, 2.05) is 0 Å². The van der Waals surface area contributed by atoms with Crippen LogP contribution in [0, 0.1) is 17.5 Å². The summed E-state index contributed by atoms with van der Waals surface area (Å²) in [6, 6.07) is 0.857. The second-order valence-electron chi connectivity index (χ2n) is 3.61. The van der Waals surface area contributed by atoms with Crippen molar-refractivity contribution in [2.45, 2.75) is 19.9 Å². The standard InChI is InChI=1S/C11H15F3O3Si/c1-3-16-18(15,17-4-2)7-8-5-10(13)11(14)6-9(8)12/h5-6,15H,3-4,7H2,1-2H3. The molecule has 0 radical (unpaired) electrons. The Labute approximate surface area is 105 Å². The number of hydrogen-bond acceptors (Lipinski definition) is 3. The van der Waals surface area contributed by atoms with Crippen molar-refractivity contribution < 1.29 is 26.8 Å². The number of halogens is 3. The van der Waals surface area contributed by atoms with Crippen LogP contribution in [0.4, 0.5) is 13.2 Å². The summed E-state index contributed by atoms with van der Waals surface area (Å²) >= 11 is 0. The molecule has 0 saturated carbocycles. The predicted octanol–water partition coefficient (Wildman–Crippen LogP) is 2.19. The van der Waals surface area contributed by atoms with E-state index in [4.69, 9.17) is 8.85 Å². The molecule has 0 saturated heterocycles. The van der Waals surface area contributed by atoms with Gasteiger partial charge in [0.15, 0.2) is 11.6 Å². The van der Waals surface area contributed by atoms with E-state index in [9.17, 15) is 18.0 Å². The van der Waals surface area contributed by atoms with Crippen molar-refractivity contribution in [1.82, 2.24) is 0 Å². The molecular weight excluding hydrogens is 265 g/mol. The molecule has 1 aromatic carbocycles. The maximum absolute atomic E-state index is 13.4. The molecule has 0 bridgehead atoms. The summed E-state index contributed by atoms with van der Waals surface area (Å²) in [6.45, 7) is 3.68. The van der Waals surface area contributed by atoms with E-state index in [-0.39, 0.29) is 24.8 Å². The van der Waals surface area contributed by atoms with Gasteiger partial charge in [-0.25, -0.2) is 13.2 Å². The summed E-state index contributed by atoms with van der Waals surface area (Å²) in [4.78, 5) is 10.1. The van der Waals surface area contributed by atoms with Gasteiger partial charge in [-0.2, -0.15) is 0 Å². The van der Waals surface area contributed by atoms with Crippen LogP contribution in [0.3, 0.4) is 0 Å². The molecule has 0 spiro atoms. The van der Waals surface area contributed by atoms with Crippen molar-refractivity contribution in [1.29, 1.82) is 0 Å². The van der Waals surface area contributed by atoms with Gasteiger partial charge in [0.05, 0.1) is 0 Å². The van der Waals surface area contributed by atoms with E-state index < -0.39 is 26.3 Å². The highest BCUT2D eigenvalue weighted by molar-refractivity contribution is 6.58. The average Bonchev–Trinajstić information content (AvgIpc) is 2.26. The van der Waals surface area contributed by atoms with Crippen LogP contribution in [0.25, 0.3) is 0 Å². The second-order valence-corrected chi connectivity index (χ2v) is 5.97. The smallest absolute Gasteiger partial charge is 0.389 e. The number of benzene rings is 1. The maximum atomic E-state index is 13.4. The average molecular weight is 280 g/mol. The van der Waals surface area contributed by atoms with Crippen LogP contribution in [0.1, 0.15) is 19.4 Å². The third kappa shape index (κ3) is 3.81. The van der Waals surface area contributed by atoms with Gasteiger partial charge in [0.1, 0.15) is 5.82 Å². The van der Waals surface area contributed by atoms with Gasteiger partial charge in [-0.3, -0.25) is 0 Å². The normalized spacial score (nSPS) is 11.9. The Kier molecular flexibility index (Phi) is 5.33. The van der Waals surface area contributed by atoms with Crippen molar-refractivity contribution in [2.24, 2.45) is 0 Å². The van der Waals surface area contributed by atoms with Crippen molar-refractivity contribution >= 4 is 8.80 Å². The quantitative estimate of drug-likeness (QED) is 0.641. The van der Waals surface area contributed by atoms with E-state index in [0.717, 1.165) is 0 Å². The lowest BCUT2D eigenvalue weighted by Crippen LogP contribution is -2.45. The summed E-state index contributed by atoms with van der Waals surface area (Å²) in [5.41, 5.74) is -0.162. The lowest BCUT2D eigenvalue weighted by molar-refractivity contribution is 0.107. The van der Waals surface area contributed by atoms with Crippen LogP contribution in [0.2, 0.25) is 0 Å². The third-order valence-electron chi connectivity index (χ3n) is 2.24. The van der Waals surface area contributed by atoms with Gasteiger partial charge < -0.3 is 13.6 Å². The molecule has 0 unspecified atom stereocenters. The second kappa shape index (κ2) is 6.33. The topological polar surface area (TPSA) is 38.7 Å². The van der Waals surface area contributed by atoms with E-state index in [1.54, 1.807) is 13.8 Å². The summed E-state index contributed by atoms with van der Waals surface area (Å²) in [7, 11) is -3.59. The van der Waals surface area contributed by atoms with E-state index >= 15 is 0 Å². The molecular formula is C11H15F3O3Si. The Morgan fingerprint density at radius 2 is 1.50 bits per heavy atom. The number of hydrogen-bond donors (Lipinski definition) is 1. The molecule has 1 rings (SSSR count). The monoisotopic (exact) mass is 280 g/mol. The van der Waals surface area contributed by atoms with E-state index in [0.29, 0.717) is 12.1 Å². The molecule has 0 aromatic heterocycles. The van der Waals surface area contributed by atoms with Crippen molar-refractivity contribution in [2.75, 3.05) is 13.2 Å². The zero-order valence-electron chi connectivity index (χ0n) is 10.2. The molecule has 0 aliphatic carbocycles. The van der Waals surface area contributed by atoms with Crippen LogP contribution in [-0.2, 0) is 14.9 Å². The lowest BCUT2D eigenvalue weighted by Gasteiger charge is -2.23. The summed E-state index contributed by atoms with van der Waals surface area (Å²) in [6.07, 6.45) is 0. The largest absolute Gasteiger partial charge is 0.502 e. The Balaban J connectivity index is 2.97. The summed E-state index contributed by atoms with van der Waals surface area (Å²) in [5, 5.41) is 0. The zero-order chi connectivity index (χ0) is 13.8. The zero-order valence-corrected chi connectivity index (χ0v) is 11.2. The van der Waals surface area contributed by atoms with Crippen LogP contribution in [-0.4, -0.2) is 26.8 Å². The lowest BCUT2D eigenvalue weighted by atomic mass is 10.2. The van der Waals surface area contributed by atoms with Crippen molar-refractivity contribution in [3.05, 3.63) is 35.1 Å². The Hall–Kier alpha value is -0.893. The first-order chi connectivity index (χ1) is 8.41. The highest BCUT2D eigenvalue weighted by Gasteiger charge is 2.37. The Morgan fingerprint density at radius 3 is 2.00 bits per heavy atom. The summed E-state index contributed by atoms with van der Waals surface area (Å²) in [5.74, 6) is -3.37. The van der Waals surface area contributed by atoms with Crippen molar-refractivity contribution in [3.8, 4) is 0 Å². The Morgan fingerprint density at radius 1 is 1.00 bits per heavy atom. The highest BCUT2D eigenvalue weighted by Crippen LogP contribution is 2.19. The molecule has 0 atom stereocenters. The maximum Gasteiger partial charge on any atom is 0.502 e. The minimum absolute atomic E-state index is 0.162. The van der Waals surface area contributed by atoms with Gasteiger partial charge >= 0.3 is 8.80 Å². The molecule has 0 fully saturated rings. The summed E-state index contributed by atoms with van der Waals surface area (Å²) < 4.78 is 49.4. The molecule has 0 aliphatic heterocycles. The molecule has 102 valence electrons. The molecule has 0 aliphatic rings. The van der Waals surface area contributed by atoms with Crippen LogP contribution in [0.15, 0.2) is 12.1 Å². The minimum Gasteiger partial charge on any atom is -0.389 e. The van der Waals surface area contributed by atoms with Gasteiger partial charge in [-0.05, 0) is 25.5 Å². The van der Waals surface area contributed by atoms with Gasteiger partial charge in [0, 0.05) is 25.3 Å². The molecule has 1 aromatic rings. The SMILES string of the molecule is CCO[Si](O)(Cc1cc(F)c(F)cc1F)OCC. The molecule has 3 nitrogen and oxygen atoms in total. The van der Waals surface area contributed by atoms with Gasteiger partial charge in [-0.1, -0.05) is 0 Å². The van der Waals surface area contributed by atoms with E-state index in [1.165, 1.54) is 0 Å². The molecule has 0 heterocycles. The highest BCUT2D eigenvalue weighted by atomic mass is 28.4. The van der Waals surface area contributed by atoms with Crippen LogP contribution >= 0.6 is 0 Å². The van der Waals surface area contributed by atoms with Gasteiger partial charge in [0.25, 0.3) is 0 Å². The molecule has 18 heavy (non-hydrogen) atoms. The third-order valence-corrected chi connectivity index (χ3v) is 4.55. The Bertz CT molecular complexity index is 409. The number of rotatable bonds is 6. The van der Waals surface area contributed by atoms with Gasteiger partial charge in [0.2, 0.25) is 0 Å². The van der Waals surface area contributed by atoms with E-state index in [2.05, 4.69) is 0 Å².